The topological polar surface area (TPSA) is 56.7 Å². The predicted molar refractivity (Wildman–Crippen MR) is 50.1 cm³/mol. The molecule has 0 radical (unpaired) electrons. The van der Waals surface area contributed by atoms with E-state index in [9.17, 15) is 0 Å². The Balaban J connectivity index is 2.03. The highest BCUT2D eigenvalue weighted by Crippen LogP contribution is 2.01. The van der Waals surface area contributed by atoms with Crippen molar-refractivity contribution in [3.8, 4) is 0 Å². The molecule has 0 unspecified atom stereocenters. The number of alkyl halides is 1. The third-order valence-electron chi connectivity index (χ3n) is 1.75. The molecule has 0 N–H and O–H groups in total. The molecule has 6 heteroatoms. The summed E-state index contributed by atoms with van der Waals surface area (Å²) in [6.07, 6.45) is 4.19. The molecule has 0 bridgehead atoms. The van der Waals surface area contributed by atoms with E-state index in [-0.39, 0.29) is 0 Å². The smallest absolute Gasteiger partial charge is 0.158 e. The molecule has 2 heterocycles. The molecule has 0 aliphatic heterocycles. The van der Waals surface area contributed by atoms with Crippen LogP contribution in [-0.2, 0) is 13.0 Å². The highest BCUT2D eigenvalue weighted by molar-refractivity contribution is 6.17. The number of halogens is 1. The number of rotatable bonds is 4. The summed E-state index contributed by atoms with van der Waals surface area (Å²) < 4.78 is 6.64. The third kappa shape index (κ3) is 2.11. The van der Waals surface area contributed by atoms with Gasteiger partial charge in [-0.3, -0.25) is 0 Å². The zero-order valence-corrected chi connectivity index (χ0v) is 8.18. The molecular weight excluding hydrogens is 204 g/mol. The Kier molecular flexibility index (Phi) is 2.78. The lowest BCUT2D eigenvalue weighted by atomic mass is 10.4. The molecule has 14 heavy (non-hydrogen) atoms. The largest absolute Gasteiger partial charge is 0.359 e. The summed E-state index contributed by atoms with van der Waals surface area (Å²) in [6.45, 7) is 0.551. The molecule has 0 amide bonds. The van der Waals surface area contributed by atoms with Gasteiger partial charge in [0.25, 0.3) is 0 Å². The lowest BCUT2D eigenvalue weighted by molar-refractivity contribution is 0.370. The number of hydrogen-bond donors (Lipinski definition) is 0. The Morgan fingerprint density at radius 3 is 3.14 bits per heavy atom. The second kappa shape index (κ2) is 4.23. The van der Waals surface area contributed by atoms with Crippen molar-refractivity contribution in [1.82, 2.24) is 20.2 Å². The summed E-state index contributed by atoms with van der Waals surface area (Å²) in [5.41, 5.74) is 0.888. The van der Waals surface area contributed by atoms with Gasteiger partial charge in [-0.2, -0.15) is 0 Å². The first kappa shape index (κ1) is 9.21. The number of hydrogen-bond acceptors (Lipinski definition) is 4. The lowest BCUT2D eigenvalue weighted by Gasteiger charge is -1.92. The molecular formula is C8H9ClN4O. The molecule has 0 atom stereocenters. The SMILES string of the molecule is ClCCc1cn(Cc2ccno2)nn1. The van der Waals surface area contributed by atoms with E-state index in [1.807, 2.05) is 6.20 Å². The van der Waals surface area contributed by atoms with Crippen molar-refractivity contribution >= 4 is 11.6 Å². The van der Waals surface area contributed by atoms with Crippen molar-refractivity contribution < 1.29 is 4.52 Å². The van der Waals surface area contributed by atoms with Crippen LogP contribution in [0.3, 0.4) is 0 Å². The monoisotopic (exact) mass is 212 g/mol. The van der Waals surface area contributed by atoms with Gasteiger partial charge in [0.2, 0.25) is 0 Å². The highest BCUT2D eigenvalue weighted by atomic mass is 35.5. The van der Waals surface area contributed by atoms with Crippen molar-refractivity contribution in [1.29, 1.82) is 0 Å². The van der Waals surface area contributed by atoms with Crippen LogP contribution in [0.4, 0.5) is 0 Å². The Labute approximate surface area is 85.6 Å². The second-order valence-electron chi connectivity index (χ2n) is 2.83. The highest BCUT2D eigenvalue weighted by Gasteiger charge is 2.02. The van der Waals surface area contributed by atoms with Crippen LogP contribution >= 0.6 is 11.6 Å². The summed E-state index contributed by atoms with van der Waals surface area (Å²) in [5.74, 6) is 1.31. The maximum atomic E-state index is 5.58. The standard InChI is InChI=1S/C8H9ClN4O/c9-3-1-7-5-13(12-11-7)6-8-2-4-10-14-8/h2,4-5H,1,3,6H2. The fourth-order valence-electron chi connectivity index (χ4n) is 1.11. The molecule has 5 nitrogen and oxygen atoms in total. The van der Waals surface area contributed by atoms with Crippen molar-refractivity contribution in [3.05, 3.63) is 29.9 Å². The molecule has 0 aliphatic rings. The van der Waals surface area contributed by atoms with Gasteiger partial charge in [-0.05, 0) is 0 Å². The summed E-state index contributed by atoms with van der Waals surface area (Å²) in [4.78, 5) is 0. The molecule has 2 aromatic rings. The predicted octanol–water partition coefficient (Wildman–Crippen LogP) is 1.10. The van der Waals surface area contributed by atoms with Crippen LogP contribution < -0.4 is 0 Å². The van der Waals surface area contributed by atoms with Gasteiger partial charge in [-0.1, -0.05) is 10.4 Å². The van der Waals surface area contributed by atoms with E-state index in [0.717, 1.165) is 17.9 Å². The fourth-order valence-corrected chi connectivity index (χ4v) is 1.30. The molecule has 0 fully saturated rings. The molecule has 74 valence electrons. The second-order valence-corrected chi connectivity index (χ2v) is 3.20. The Bertz CT molecular complexity index is 384. The average Bonchev–Trinajstić information content (AvgIpc) is 2.79. The van der Waals surface area contributed by atoms with Crippen LogP contribution in [0.25, 0.3) is 0 Å². The van der Waals surface area contributed by atoms with Gasteiger partial charge in [0.05, 0.1) is 11.9 Å². The Morgan fingerprint density at radius 1 is 1.50 bits per heavy atom. The van der Waals surface area contributed by atoms with Crippen molar-refractivity contribution in [3.63, 3.8) is 0 Å². The fraction of sp³-hybridized carbons (Fsp3) is 0.375. The minimum absolute atomic E-state index is 0.551. The molecule has 0 aliphatic carbocycles. The molecule has 0 aromatic carbocycles. The van der Waals surface area contributed by atoms with Crippen LogP contribution in [0.15, 0.2) is 23.0 Å². The van der Waals surface area contributed by atoms with Gasteiger partial charge in [0.1, 0.15) is 6.54 Å². The van der Waals surface area contributed by atoms with E-state index in [1.54, 1.807) is 16.9 Å². The molecule has 0 spiro atoms. The summed E-state index contributed by atoms with van der Waals surface area (Å²) >= 11 is 5.58. The first-order valence-corrected chi connectivity index (χ1v) is 4.76. The molecule has 0 saturated carbocycles. The first-order valence-electron chi connectivity index (χ1n) is 4.23. The van der Waals surface area contributed by atoms with Gasteiger partial charge < -0.3 is 4.52 Å². The maximum Gasteiger partial charge on any atom is 0.158 e. The zero-order valence-electron chi connectivity index (χ0n) is 7.43. The van der Waals surface area contributed by atoms with E-state index < -0.39 is 0 Å². The summed E-state index contributed by atoms with van der Waals surface area (Å²) in [7, 11) is 0. The van der Waals surface area contributed by atoms with E-state index in [0.29, 0.717) is 12.4 Å². The minimum Gasteiger partial charge on any atom is -0.359 e. The van der Waals surface area contributed by atoms with Gasteiger partial charge >= 0.3 is 0 Å². The number of aryl methyl sites for hydroxylation is 1. The quantitative estimate of drug-likeness (QED) is 0.712. The first-order chi connectivity index (χ1) is 6.88. The van der Waals surface area contributed by atoms with Gasteiger partial charge in [0.15, 0.2) is 5.76 Å². The van der Waals surface area contributed by atoms with Crippen molar-refractivity contribution in [2.45, 2.75) is 13.0 Å². The van der Waals surface area contributed by atoms with Gasteiger partial charge in [-0.15, -0.1) is 16.7 Å². The van der Waals surface area contributed by atoms with Crippen LogP contribution in [0.2, 0.25) is 0 Å². The summed E-state index contributed by atoms with van der Waals surface area (Å²) in [5, 5.41) is 11.5. The lowest BCUT2D eigenvalue weighted by Crippen LogP contribution is -1.98. The van der Waals surface area contributed by atoms with E-state index in [1.165, 1.54) is 0 Å². The van der Waals surface area contributed by atoms with Crippen LogP contribution in [0, 0.1) is 0 Å². The van der Waals surface area contributed by atoms with E-state index in [2.05, 4.69) is 15.5 Å². The molecule has 2 aromatic heterocycles. The van der Waals surface area contributed by atoms with E-state index >= 15 is 0 Å². The van der Waals surface area contributed by atoms with E-state index in [4.69, 9.17) is 16.1 Å². The Hall–Kier alpha value is -1.36. The summed E-state index contributed by atoms with van der Waals surface area (Å²) in [6, 6.07) is 1.79. The molecule has 0 saturated heterocycles. The third-order valence-corrected chi connectivity index (χ3v) is 1.93. The minimum atomic E-state index is 0.551. The molecule has 2 rings (SSSR count). The normalized spacial score (nSPS) is 10.6. The van der Waals surface area contributed by atoms with Crippen molar-refractivity contribution in [2.24, 2.45) is 0 Å². The van der Waals surface area contributed by atoms with Gasteiger partial charge in [-0.25, -0.2) is 4.68 Å². The number of nitrogens with zero attached hydrogens (tertiary/aromatic N) is 4. The maximum absolute atomic E-state index is 5.58. The number of aromatic nitrogens is 4. The average molecular weight is 213 g/mol. The van der Waals surface area contributed by atoms with Crippen LogP contribution in [0.1, 0.15) is 11.5 Å². The van der Waals surface area contributed by atoms with Gasteiger partial charge in [0, 0.05) is 24.6 Å². The zero-order chi connectivity index (χ0) is 9.80. The van der Waals surface area contributed by atoms with Crippen LogP contribution in [-0.4, -0.2) is 26.0 Å². The Morgan fingerprint density at radius 2 is 2.43 bits per heavy atom. The van der Waals surface area contributed by atoms with Crippen molar-refractivity contribution in [2.75, 3.05) is 5.88 Å². The van der Waals surface area contributed by atoms with Crippen LogP contribution in [0.5, 0.6) is 0 Å².